The van der Waals surface area contributed by atoms with Crippen molar-refractivity contribution in [2.24, 2.45) is 0 Å². The van der Waals surface area contributed by atoms with Crippen molar-refractivity contribution in [3.8, 4) is 17.2 Å². The molecule has 0 N–H and O–H groups in total. The van der Waals surface area contributed by atoms with Gasteiger partial charge in [-0.05, 0) is 66.7 Å². The monoisotopic (exact) mass is 406 g/mol. The summed E-state index contributed by atoms with van der Waals surface area (Å²) < 4.78 is 28.7. The third-order valence-electron chi connectivity index (χ3n) is 4.28. The summed E-state index contributed by atoms with van der Waals surface area (Å²) in [5.74, 6) is 0.255. The molecular weight excluding hydrogens is 387 g/mol. The zero-order chi connectivity index (χ0) is 21.5. The first-order valence-corrected chi connectivity index (χ1v) is 9.02. The molecule has 30 heavy (non-hydrogen) atoms. The molecule has 0 fully saturated rings. The van der Waals surface area contributed by atoms with Crippen LogP contribution in [0.25, 0.3) is 6.08 Å². The zero-order valence-corrected chi connectivity index (χ0v) is 16.4. The largest absolute Gasteiger partial charge is 0.497 e. The summed E-state index contributed by atoms with van der Waals surface area (Å²) >= 11 is 0. The molecular formula is C24H19FO5. The topological polar surface area (TPSA) is 61.8 Å². The number of rotatable bonds is 7. The molecule has 0 radical (unpaired) electrons. The van der Waals surface area contributed by atoms with Crippen LogP contribution in [0, 0.1) is 5.82 Å². The molecule has 0 aromatic heterocycles. The van der Waals surface area contributed by atoms with Crippen LogP contribution >= 0.6 is 0 Å². The molecule has 0 saturated carbocycles. The molecule has 0 atom stereocenters. The Morgan fingerprint density at radius 3 is 2.00 bits per heavy atom. The van der Waals surface area contributed by atoms with Crippen LogP contribution < -0.4 is 14.2 Å². The van der Waals surface area contributed by atoms with E-state index in [9.17, 15) is 14.0 Å². The van der Waals surface area contributed by atoms with Gasteiger partial charge in [-0.1, -0.05) is 0 Å². The van der Waals surface area contributed by atoms with E-state index < -0.39 is 11.8 Å². The predicted molar refractivity (Wildman–Crippen MR) is 110 cm³/mol. The van der Waals surface area contributed by atoms with Gasteiger partial charge in [-0.25, -0.2) is 9.18 Å². The molecule has 3 rings (SSSR count). The number of benzene rings is 3. The van der Waals surface area contributed by atoms with E-state index in [1.165, 1.54) is 49.6 Å². The lowest BCUT2D eigenvalue weighted by Crippen LogP contribution is -2.05. The van der Waals surface area contributed by atoms with Crippen molar-refractivity contribution in [3.05, 3.63) is 95.3 Å². The normalized spacial score (nSPS) is 10.6. The summed E-state index contributed by atoms with van der Waals surface area (Å²) in [6.07, 6.45) is 2.86. The maximum atomic E-state index is 13.0. The van der Waals surface area contributed by atoms with Crippen molar-refractivity contribution in [3.63, 3.8) is 0 Å². The molecule has 3 aromatic rings. The number of carbonyl (C=O) groups excluding carboxylic acids is 2. The lowest BCUT2D eigenvalue weighted by atomic mass is 10.0. The van der Waals surface area contributed by atoms with Gasteiger partial charge >= 0.3 is 5.97 Å². The summed E-state index contributed by atoms with van der Waals surface area (Å²) in [7, 11) is 3.08. The molecule has 0 aliphatic heterocycles. The van der Waals surface area contributed by atoms with Gasteiger partial charge in [0.15, 0.2) is 5.78 Å². The quantitative estimate of drug-likeness (QED) is 0.247. The van der Waals surface area contributed by atoms with Gasteiger partial charge < -0.3 is 14.2 Å². The smallest absolute Gasteiger partial charge is 0.336 e. The maximum Gasteiger partial charge on any atom is 0.336 e. The van der Waals surface area contributed by atoms with Crippen LogP contribution in [0.1, 0.15) is 21.5 Å². The molecule has 0 bridgehead atoms. The Morgan fingerprint density at radius 1 is 0.800 bits per heavy atom. The minimum atomic E-state index is -0.578. The fourth-order valence-corrected chi connectivity index (χ4v) is 2.71. The standard InChI is InChI=1S/C24H19FO5/c1-28-21-13-5-16(22(15-21)29-2)8-14-23(26)30-20-11-6-18(7-12-20)24(27)17-3-9-19(25)10-4-17/h3-15H,1-2H3/b14-8+. The van der Waals surface area contributed by atoms with Crippen molar-refractivity contribution in [2.75, 3.05) is 14.2 Å². The zero-order valence-electron chi connectivity index (χ0n) is 16.4. The molecule has 0 aliphatic carbocycles. The Labute approximate surface area is 173 Å². The second-order valence-electron chi connectivity index (χ2n) is 6.22. The highest BCUT2D eigenvalue weighted by atomic mass is 19.1. The van der Waals surface area contributed by atoms with E-state index in [-0.39, 0.29) is 5.78 Å². The molecule has 0 saturated heterocycles. The van der Waals surface area contributed by atoms with Gasteiger partial charge in [-0.15, -0.1) is 0 Å². The summed E-state index contributed by atoms with van der Waals surface area (Å²) in [6.45, 7) is 0. The van der Waals surface area contributed by atoms with E-state index >= 15 is 0 Å². The number of carbonyl (C=O) groups is 2. The highest BCUT2D eigenvalue weighted by molar-refractivity contribution is 6.09. The molecule has 6 heteroatoms. The fraction of sp³-hybridized carbons (Fsp3) is 0.0833. The van der Waals surface area contributed by atoms with E-state index in [4.69, 9.17) is 14.2 Å². The highest BCUT2D eigenvalue weighted by Crippen LogP contribution is 2.25. The van der Waals surface area contributed by atoms with E-state index in [1.807, 2.05) is 0 Å². The number of halogens is 1. The van der Waals surface area contributed by atoms with Gasteiger partial charge in [0.05, 0.1) is 14.2 Å². The predicted octanol–water partition coefficient (Wildman–Crippen LogP) is 4.69. The van der Waals surface area contributed by atoms with Crippen LogP contribution in [0.5, 0.6) is 17.2 Å². The number of methoxy groups -OCH3 is 2. The first-order valence-electron chi connectivity index (χ1n) is 9.02. The third-order valence-corrected chi connectivity index (χ3v) is 4.28. The van der Waals surface area contributed by atoms with Crippen LogP contribution in [0.2, 0.25) is 0 Å². The van der Waals surface area contributed by atoms with Crippen LogP contribution in [-0.2, 0) is 4.79 Å². The molecule has 0 unspecified atom stereocenters. The van der Waals surface area contributed by atoms with Crippen molar-refractivity contribution in [2.45, 2.75) is 0 Å². The minimum absolute atomic E-state index is 0.251. The first kappa shape index (κ1) is 20.8. The lowest BCUT2D eigenvalue weighted by Gasteiger charge is -2.07. The van der Waals surface area contributed by atoms with Crippen LogP contribution in [0.4, 0.5) is 4.39 Å². The van der Waals surface area contributed by atoms with Crippen LogP contribution in [-0.4, -0.2) is 26.0 Å². The Balaban J connectivity index is 1.65. The molecule has 0 heterocycles. The lowest BCUT2D eigenvalue weighted by molar-refractivity contribution is -0.128. The van der Waals surface area contributed by atoms with E-state index in [1.54, 1.807) is 43.5 Å². The Hall–Kier alpha value is -3.93. The number of esters is 1. The van der Waals surface area contributed by atoms with Gasteiger partial charge in [0.2, 0.25) is 0 Å². The summed E-state index contributed by atoms with van der Waals surface area (Å²) in [5.41, 5.74) is 1.47. The highest BCUT2D eigenvalue weighted by Gasteiger charge is 2.10. The summed E-state index contributed by atoms with van der Waals surface area (Å²) in [6, 6.07) is 16.7. The maximum absolute atomic E-state index is 13.0. The third kappa shape index (κ3) is 5.11. The molecule has 0 aliphatic rings. The fourth-order valence-electron chi connectivity index (χ4n) is 2.71. The number of ketones is 1. The van der Waals surface area contributed by atoms with E-state index in [0.717, 1.165) is 0 Å². The van der Waals surface area contributed by atoms with Crippen molar-refractivity contribution in [1.29, 1.82) is 0 Å². The van der Waals surface area contributed by atoms with E-state index in [2.05, 4.69) is 0 Å². The van der Waals surface area contributed by atoms with Gasteiger partial charge in [-0.3, -0.25) is 4.79 Å². The molecule has 152 valence electrons. The van der Waals surface area contributed by atoms with Crippen LogP contribution in [0.15, 0.2) is 72.8 Å². The Morgan fingerprint density at radius 2 is 1.40 bits per heavy atom. The number of hydrogen-bond donors (Lipinski definition) is 0. The van der Waals surface area contributed by atoms with Gasteiger partial charge in [0.1, 0.15) is 23.1 Å². The Kier molecular flexibility index (Phi) is 6.60. The average Bonchev–Trinajstić information content (AvgIpc) is 2.78. The molecule has 0 spiro atoms. The van der Waals surface area contributed by atoms with E-state index in [0.29, 0.717) is 33.9 Å². The Bertz CT molecular complexity index is 1070. The van der Waals surface area contributed by atoms with Gasteiger partial charge in [0.25, 0.3) is 0 Å². The summed E-state index contributed by atoms with van der Waals surface area (Å²) in [4.78, 5) is 24.5. The second-order valence-corrected chi connectivity index (χ2v) is 6.22. The first-order chi connectivity index (χ1) is 14.5. The van der Waals surface area contributed by atoms with Crippen molar-refractivity contribution < 1.29 is 28.2 Å². The molecule has 0 amide bonds. The van der Waals surface area contributed by atoms with Gasteiger partial charge in [0, 0.05) is 28.8 Å². The molecule has 5 nitrogen and oxygen atoms in total. The van der Waals surface area contributed by atoms with Crippen molar-refractivity contribution >= 4 is 17.8 Å². The second kappa shape index (κ2) is 9.52. The SMILES string of the molecule is COc1ccc(/C=C/C(=O)Oc2ccc(C(=O)c3ccc(F)cc3)cc2)c(OC)c1. The van der Waals surface area contributed by atoms with Gasteiger partial charge in [-0.2, -0.15) is 0 Å². The average molecular weight is 406 g/mol. The van der Waals surface area contributed by atoms with Crippen LogP contribution in [0.3, 0.4) is 0 Å². The minimum Gasteiger partial charge on any atom is -0.497 e. The number of hydrogen-bond acceptors (Lipinski definition) is 5. The van der Waals surface area contributed by atoms with Crippen molar-refractivity contribution in [1.82, 2.24) is 0 Å². The number of ether oxygens (including phenoxy) is 3. The summed E-state index contributed by atoms with van der Waals surface area (Å²) in [5, 5.41) is 0. The molecule has 3 aromatic carbocycles.